The molecule has 0 radical (unpaired) electrons. The second-order valence-corrected chi connectivity index (χ2v) is 10.4. The van der Waals surface area contributed by atoms with Gasteiger partial charge in [-0.3, -0.25) is 13.6 Å². The molecule has 7 nitrogen and oxygen atoms in total. The Morgan fingerprint density at radius 1 is 0.926 bits per heavy atom. The van der Waals surface area contributed by atoms with Crippen LogP contribution < -0.4 is 9.05 Å². The zero-order valence-corrected chi connectivity index (χ0v) is 16.9. The predicted molar refractivity (Wildman–Crippen MR) is 101 cm³/mol. The fourth-order valence-electron chi connectivity index (χ4n) is 2.16. The summed E-state index contributed by atoms with van der Waals surface area (Å²) in [6, 6.07) is 17.1. The van der Waals surface area contributed by atoms with Crippen LogP contribution in [-0.2, 0) is 22.7 Å². The minimum Gasteiger partial charge on any atom is -0.415 e. The van der Waals surface area contributed by atoms with Crippen LogP contribution in [0.4, 0.5) is 0 Å². The molecule has 2 aromatic carbocycles. The van der Waals surface area contributed by atoms with Gasteiger partial charge in [0.25, 0.3) is 0 Å². The lowest BCUT2D eigenvalue weighted by Crippen LogP contribution is -2.30. The molecule has 0 saturated carbocycles. The molecule has 0 aliphatic carbocycles. The highest BCUT2D eigenvalue weighted by molar-refractivity contribution is 7.55. The fourth-order valence-corrected chi connectivity index (χ4v) is 5.56. The number of hydrogen-bond donors (Lipinski definition) is 0. The summed E-state index contributed by atoms with van der Waals surface area (Å²) in [5.41, 5.74) is -0.276. The summed E-state index contributed by atoms with van der Waals surface area (Å²) in [6.07, 6.45) is -0.589. The zero-order valence-electron chi connectivity index (χ0n) is 15.1. The van der Waals surface area contributed by atoms with Crippen LogP contribution in [0.15, 0.2) is 60.7 Å². The van der Waals surface area contributed by atoms with Gasteiger partial charge in [-0.15, -0.1) is 0 Å². The summed E-state index contributed by atoms with van der Waals surface area (Å²) in [6.45, 7) is 4.23. The Morgan fingerprint density at radius 3 is 1.81 bits per heavy atom. The van der Waals surface area contributed by atoms with Crippen LogP contribution in [0.25, 0.3) is 0 Å². The number of phosphoric acid groups is 1. The quantitative estimate of drug-likeness (QED) is 0.556. The Morgan fingerprint density at radius 2 is 1.37 bits per heavy atom. The predicted octanol–water partition coefficient (Wildman–Crippen LogP) is 5.49. The van der Waals surface area contributed by atoms with Crippen molar-refractivity contribution in [1.29, 1.82) is 0 Å². The number of hydrogen-bond acceptors (Lipinski definition) is 7. The van der Waals surface area contributed by atoms with Gasteiger partial charge in [-0.05, 0) is 24.3 Å². The summed E-state index contributed by atoms with van der Waals surface area (Å²) >= 11 is 0. The standard InChI is InChI=1S/C18H22O7P2/c1-18(2)13-21-27(20,22-14-18)23-15-26(19,24-16-9-5-3-6-10-16)25-17-11-7-4-8-12-17/h3-12H,13-15H2,1-2H3. The van der Waals surface area contributed by atoms with E-state index in [1.54, 1.807) is 60.7 Å². The summed E-state index contributed by atoms with van der Waals surface area (Å²) in [5, 5.41) is 0. The first-order chi connectivity index (χ1) is 12.8. The first-order valence-corrected chi connectivity index (χ1v) is 11.6. The largest absolute Gasteiger partial charge is 0.475 e. The minimum absolute atomic E-state index is 0.202. The lowest BCUT2D eigenvalue weighted by molar-refractivity contribution is 0.00483. The molecule has 1 heterocycles. The van der Waals surface area contributed by atoms with Crippen molar-refractivity contribution in [2.75, 3.05) is 19.6 Å². The molecule has 0 spiro atoms. The van der Waals surface area contributed by atoms with Crippen LogP contribution in [0.5, 0.6) is 11.5 Å². The number of rotatable bonds is 7. The molecule has 0 aromatic heterocycles. The van der Waals surface area contributed by atoms with E-state index in [0.29, 0.717) is 11.5 Å². The van der Waals surface area contributed by atoms with E-state index in [4.69, 9.17) is 22.6 Å². The van der Waals surface area contributed by atoms with E-state index in [1.807, 2.05) is 13.8 Å². The third-order valence-electron chi connectivity index (χ3n) is 3.58. The normalized spacial score (nSPS) is 18.6. The van der Waals surface area contributed by atoms with E-state index in [2.05, 4.69) is 0 Å². The second-order valence-electron chi connectivity index (χ2n) is 6.84. The molecule has 2 aromatic rings. The number of para-hydroxylation sites is 2. The van der Waals surface area contributed by atoms with E-state index in [0.717, 1.165) is 0 Å². The highest BCUT2D eigenvalue weighted by Gasteiger charge is 2.41. The molecule has 0 amide bonds. The van der Waals surface area contributed by atoms with Crippen LogP contribution in [0.3, 0.4) is 0 Å². The maximum atomic E-state index is 13.3. The van der Waals surface area contributed by atoms with Gasteiger partial charge >= 0.3 is 15.4 Å². The fraction of sp³-hybridized carbons (Fsp3) is 0.333. The molecular weight excluding hydrogens is 390 g/mol. The highest BCUT2D eigenvalue weighted by atomic mass is 31.2. The molecule has 1 fully saturated rings. The van der Waals surface area contributed by atoms with Crippen LogP contribution in [0.1, 0.15) is 13.8 Å². The van der Waals surface area contributed by atoms with Crippen molar-refractivity contribution in [3.63, 3.8) is 0 Å². The molecule has 27 heavy (non-hydrogen) atoms. The van der Waals surface area contributed by atoms with Crippen molar-refractivity contribution in [2.45, 2.75) is 13.8 Å². The van der Waals surface area contributed by atoms with Crippen LogP contribution in [0.2, 0.25) is 0 Å². The van der Waals surface area contributed by atoms with Crippen LogP contribution in [-0.4, -0.2) is 19.6 Å². The van der Waals surface area contributed by atoms with Gasteiger partial charge in [0.2, 0.25) is 0 Å². The maximum absolute atomic E-state index is 13.3. The van der Waals surface area contributed by atoms with E-state index >= 15 is 0 Å². The van der Waals surface area contributed by atoms with Gasteiger partial charge in [0.05, 0.1) is 13.2 Å². The molecule has 9 heteroatoms. The molecular formula is C18H22O7P2. The molecule has 0 bridgehead atoms. The molecule has 0 unspecified atom stereocenters. The first-order valence-electron chi connectivity index (χ1n) is 8.40. The van der Waals surface area contributed by atoms with Gasteiger partial charge in [-0.25, -0.2) is 9.13 Å². The van der Waals surface area contributed by atoms with Crippen molar-refractivity contribution < 1.29 is 31.7 Å². The summed E-state index contributed by atoms with van der Waals surface area (Å²) in [7, 11) is -7.69. The molecule has 146 valence electrons. The van der Waals surface area contributed by atoms with Gasteiger partial charge < -0.3 is 9.05 Å². The molecule has 0 N–H and O–H groups in total. The molecule has 3 rings (SSSR count). The van der Waals surface area contributed by atoms with E-state index in [-0.39, 0.29) is 18.6 Å². The van der Waals surface area contributed by atoms with Gasteiger partial charge in [-0.2, -0.15) is 0 Å². The third kappa shape index (κ3) is 5.93. The number of benzene rings is 2. The van der Waals surface area contributed by atoms with Crippen molar-refractivity contribution in [2.24, 2.45) is 5.41 Å². The Labute approximate surface area is 158 Å². The highest BCUT2D eigenvalue weighted by Crippen LogP contribution is 2.59. The van der Waals surface area contributed by atoms with E-state index < -0.39 is 21.8 Å². The van der Waals surface area contributed by atoms with Crippen molar-refractivity contribution in [3.05, 3.63) is 60.7 Å². The monoisotopic (exact) mass is 412 g/mol. The van der Waals surface area contributed by atoms with Gasteiger partial charge in [0.1, 0.15) is 11.5 Å². The summed E-state index contributed by atoms with van der Waals surface area (Å²) in [5.74, 6) is 0.676. The molecule has 1 aliphatic rings. The van der Waals surface area contributed by atoms with E-state index in [9.17, 15) is 9.13 Å². The van der Waals surface area contributed by atoms with Gasteiger partial charge in [0.15, 0.2) is 6.35 Å². The zero-order chi connectivity index (χ0) is 19.4. The van der Waals surface area contributed by atoms with Gasteiger partial charge in [0, 0.05) is 5.41 Å². The third-order valence-corrected chi connectivity index (χ3v) is 6.54. The van der Waals surface area contributed by atoms with Crippen molar-refractivity contribution in [1.82, 2.24) is 0 Å². The molecule has 1 aliphatic heterocycles. The Kier molecular flexibility index (Phi) is 6.09. The SMILES string of the molecule is CC1(C)COP(=O)(OCP(=O)(Oc2ccccc2)Oc2ccccc2)OC1. The Hall–Kier alpha value is -1.62. The average Bonchev–Trinajstić information content (AvgIpc) is 2.65. The average molecular weight is 412 g/mol. The summed E-state index contributed by atoms with van der Waals surface area (Å²) < 4.78 is 52.7. The Balaban J connectivity index is 1.73. The molecule has 1 saturated heterocycles. The first kappa shape index (κ1) is 20.1. The smallest absolute Gasteiger partial charge is 0.415 e. The topological polar surface area (TPSA) is 80.3 Å². The lowest BCUT2D eigenvalue weighted by Gasteiger charge is -2.33. The van der Waals surface area contributed by atoms with E-state index in [1.165, 1.54) is 0 Å². The Bertz CT molecular complexity index is 780. The number of phosphoric ester groups is 1. The minimum atomic E-state index is -3.86. The van der Waals surface area contributed by atoms with Gasteiger partial charge in [-0.1, -0.05) is 50.2 Å². The van der Waals surface area contributed by atoms with Crippen LogP contribution in [0, 0.1) is 5.41 Å². The van der Waals surface area contributed by atoms with Crippen LogP contribution >= 0.6 is 15.4 Å². The molecule has 0 atom stereocenters. The lowest BCUT2D eigenvalue weighted by atomic mass is 9.97. The second kappa shape index (κ2) is 8.17. The summed E-state index contributed by atoms with van der Waals surface area (Å²) in [4.78, 5) is 0. The maximum Gasteiger partial charge on any atom is 0.475 e. The van der Waals surface area contributed by atoms with Crippen molar-refractivity contribution >= 4 is 15.4 Å². The van der Waals surface area contributed by atoms with Crippen molar-refractivity contribution in [3.8, 4) is 11.5 Å².